The Morgan fingerprint density at radius 2 is 1.90 bits per heavy atom. The lowest BCUT2D eigenvalue weighted by Crippen LogP contribution is -2.36. The van der Waals surface area contributed by atoms with Crippen molar-refractivity contribution < 1.29 is 14.8 Å². The van der Waals surface area contributed by atoms with E-state index in [1.807, 2.05) is 32.9 Å². The summed E-state index contributed by atoms with van der Waals surface area (Å²) in [6.07, 6.45) is 0.875. The van der Waals surface area contributed by atoms with E-state index < -0.39 is 12.5 Å². The van der Waals surface area contributed by atoms with Crippen LogP contribution in [0.1, 0.15) is 40.2 Å². The van der Waals surface area contributed by atoms with Gasteiger partial charge in [0.05, 0.1) is 0 Å². The minimum atomic E-state index is -1.60. The van der Waals surface area contributed by atoms with Crippen LogP contribution in [-0.4, -0.2) is 23.1 Å². The highest BCUT2D eigenvalue weighted by molar-refractivity contribution is 6.60. The van der Waals surface area contributed by atoms with E-state index in [1.165, 1.54) is 0 Å². The molecule has 3 N–H and O–H groups in total. The average molecular weight is 277 g/mol. The lowest BCUT2D eigenvalue weighted by molar-refractivity contribution is -0.123. The molecular weight excluding hydrogens is 253 g/mol. The van der Waals surface area contributed by atoms with Crippen LogP contribution < -0.4 is 10.8 Å². The van der Waals surface area contributed by atoms with E-state index in [9.17, 15) is 14.8 Å². The van der Waals surface area contributed by atoms with Crippen LogP contribution >= 0.6 is 0 Å². The molecule has 0 saturated heterocycles. The molecule has 0 aliphatic rings. The maximum absolute atomic E-state index is 12.1. The summed E-state index contributed by atoms with van der Waals surface area (Å²) < 4.78 is 0. The highest BCUT2D eigenvalue weighted by atomic mass is 16.4. The second-order valence-corrected chi connectivity index (χ2v) is 6.60. The molecule has 1 aromatic carbocycles. The monoisotopic (exact) mass is 277 g/mol. The fraction of sp³-hybridized carbons (Fsp3) is 0.533. The predicted molar refractivity (Wildman–Crippen MR) is 82.9 cm³/mol. The maximum atomic E-state index is 12.1. The van der Waals surface area contributed by atoms with E-state index in [-0.39, 0.29) is 5.91 Å². The fourth-order valence-electron chi connectivity index (χ4n) is 1.85. The molecule has 0 radical (unpaired) electrons. The number of nitrogens with one attached hydrogen (secondary N) is 1. The van der Waals surface area contributed by atoms with Gasteiger partial charge < -0.3 is 15.4 Å². The summed E-state index contributed by atoms with van der Waals surface area (Å²) in [6, 6.07) is 5.33. The third-order valence-corrected chi connectivity index (χ3v) is 2.97. The Bertz CT molecular complexity index is 478. The molecule has 0 saturated carbocycles. The van der Waals surface area contributed by atoms with E-state index >= 15 is 0 Å². The van der Waals surface area contributed by atoms with Gasteiger partial charge in [0.2, 0.25) is 5.91 Å². The first-order valence-electron chi connectivity index (χ1n) is 6.91. The highest BCUT2D eigenvalue weighted by Crippen LogP contribution is 2.18. The summed E-state index contributed by atoms with van der Waals surface area (Å²) in [5.41, 5.74) is 1.31. The van der Waals surface area contributed by atoms with E-state index in [0.29, 0.717) is 17.1 Å². The largest absolute Gasteiger partial charge is 0.490 e. The molecule has 4 nitrogen and oxygen atoms in total. The van der Waals surface area contributed by atoms with Crippen molar-refractivity contribution in [3.05, 3.63) is 23.8 Å². The molecule has 0 fully saturated rings. The number of rotatable bonds is 4. The Labute approximate surface area is 121 Å². The van der Waals surface area contributed by atoms with Crippen LogP contribution in [0.5, 0.6) is 0 Å². The van der Waals surface area contributed by atoms with Gasteiger partial charge in [-0.15, -0.1) is 0 Å². The third kappa shape index (κ3) is 4.65. The molecule has 1 amide bonds. The topological polar surface area (TPSA) is 69.6 Å². The van der Waals surface area contributed by atoms with Crippen LogP contribution in [0.25, 0.3) is 0 Å². The zero-order valence-electron chi connectivity index (χ0n) is 12.9. The van der Waals surface area contributed by atoms with Crippen molar-refractivity contribution in [1.82, 2.24) is 0 Å². The molecule has 0 aromatic heterocycles. The average Bonchev–Trinajstić information content (AvgIpc) is 2.26. The van der Waals surface area contributed by atoms with Crippen LogP contribution in [0.2, 0.25) is 0 Å². The van der Waals surface area contributed by atoms with Crippen LogP contribution in [-0.2, 0) is 11.2 Å². The minimum absolute atomic E-state index is 0.152. The summed E-state index contributed by atoms with van der Waals surface area (Å²) in [6.45, 7) is 9.67. The SMILES string of the molecule is CC(C)Cc1ccc(B(O)O)c(NC(=O)C(C)(C)C)c1. The van der Waals surface area contributed by atoms with Crippen molar-refractivity contribution in [2.45, 2.75) is 41.0 Å². The summed E-state index contributed by atoms with van der Waals surface area (Å²) in [5.74, 6) is 0.340. The summed E-state index contributed by atoms with van der Waals surface area (Å²) >= 11 is 0. The van der Waals surface area contributed by atoms with Crippen molar-refractivity contribution in [2.75, 3.05) is 5.32 Å². The lowest BCUT2D eigenvalue weighted by atomic mass is 9.78. The number of hydrogen-bond donors (Lipinski definition) is 3. The first kappa shape index (κ1) is 16.7. The Kier molecular flexibility index (Phi) is 5.37. The van der Waals surface area contributed by atoms with Crippen molar-refractivity contribution in [3.8, 4) is 0 Å². The predicted octanol–water partition coefficient (Wildman–Crippen LogP) is 1.55. The quantitative estimate of drug-likeness (QED) is 0.731. The summed E-state index contributed by atoms with van der Waals surface area (Å²) in [5, 5.41) is 21.6. The normalized spacial score (nSPS) is 11.6. The van der Waals surface area contributed by atoms with Gasteiger partial charge in [0.25, 0.3) is 0 Å². The molecule has 0 atom stereocenters. The first-order valence-corrected chi connectivity index (χ1v) is 6.91. The van der Waals surface area contributed by atoms with Gasteiger partial charge in [-0.05, 0) is 24.0 Å². The lowest BCUT2D eigenvalue weighted by Gasteiger charge is -2.20. The van der Waals surface area contributed by atoms with E-state index in [0.717, 1.165) is 12.0 Å². The number of carbonyl (C=O) groups excluding carboxylic acids is 1. The second kappa shape index (κ2) is 6.42. The highest BCUT2D eigenvalue weighted by Gasteiger charge is 2.24. The van der Waals surface area contributed by atoms with Crippen LogP contribution in [0.4, 0.5) is 5.69 Å². The zero-order chi connectivity index (χ0) is 15.5. The van der Waals surface area contributed by atoms with Crippen molar-refractivity contribution >= 4 is 24.2 Å². The third-order valence-electron chi connectivity index (χ3n) is 2.97. The van der Waals surface area contributed by atoms with Gasteiger partial charge in [-0.2, -0.15) is 0 Å². The second-order valence-electron chi connectivity index (χ2n) is 6.60. The molecule has 0 aliphatic carbocycles. The number of benzene rings is 1. The smallest absolute Gasteiger partial charge is 0.423 e. The number of carbonyl (C=O) groups is 1. The zero-order valence-corrected chi connectivity index (χ0v) is 12.9. The van der Waals surface area contributed by atoms with Crippen molar-refractivity contribution in [2.24, 2.45) is 11.3 Å². The molecule has 0 bridgehead atoms. The van der Waals surface area contributed by atoms with Gasteiger partial charge >= 0.3 is 7.12 Å². The molecule has 1 aromatic rings. The first-order chi connectivity index (χ1) is 9.11. The van der Waals surface area contributed by atoms with Gasteiger partial charge in [0.15, 0.2) is 0 Å². The number of anilines is 1. The Morgan fingerprint density at radius 3 is 2.35 bits per heavy atom. The molecule has 20 heavy (non-hydrogen) atoms. The number of amides is 1. The summed E-state index contributed by atoms with van der Waals surface area (Å²) in [4.78, 5) is 12.1. The Balaban J connectivity index is 3.09. The molecular formula is C15H24BNO3. The fourth-order valence-corrected chi connectivity index (χ4v) is 1.85. The van der Waals surface area contributed by atoms with Crippen molar-refractivity contribution in [1.29, 1.82) is 0 Å². The molecule has 0 spiro atoms. The Hall–Kier alpha value is -1.33. The van der Waals surface area contributed by atoms with Gasteiger partial charge in [0, 0.05) is 16.6 Å². The Morgan fingerprint density at radius 1 is 1.30 bits per heavy atom. The van der Waals surface area contributed by atoms with Crippen LogP contribution in [0, 0.1) is 11.3 Å². The molecule has 0 aliphatic heterocycles. The number of hydrogen-bond acceptors (Lipinski definition) is 3. The van der Waals surface area contributed by atoms with Gasteiger partial charge in [-0.25, -0.2) is 0 Å². The molecule has 5 heteroatoms. The molecule has 1 rings (SSSR count). The van der Waals surface area contributed by atoms with Gasteiger partial charge in [0.1, 0.15) is 0 Å². The summed E-state index contributed by atoms with van der Waals surface area (Å²) in [7, 11) is -1.60. The molecule has 0 heterocycles. The maximum Gasteiger partial charge on any atom is 0.490 e. The van der Waals surface area contributed by atoms with Crippen LogP contribution in [0.3, 0.4) is 0 Å². The van der Waals surface area contributed by atoms with E-state index in [2.05, 4.69) is 19.2 Å². The van der Waals surface area contributed by atoms with Crippen molar-refractivity contribution in [3.63, 3.8) is 0 Å². The van der Waals surface area contributed by atoms with Crippen LogP contribution in [0.15, 0.2) is 18.2 Å². The van der Waals surface area contributed by atoms with Gasteiger partial charge in [-0.1, -0.05) is 46.8 Å². The standard InChI is InChI=1S/C15H24BNO3/c1-10(2)8-11-6-7-12(16(19)20)13(9-11)17-14(18)15(3,4)5/h6-7,9-10,19-20H,8H2,1-5H3,(H,17,18). The molecule has 0 unspecified atom stereocenters. The minimum Gasteiger partial charge on any atom is -0.423 e. The van der Waals surface area contributed by atoms with E-state index in [1.54, 1.807) is 6.07 Å². The van der Waals surface area contributed by atoms with Gasteiger partial charge in [-0.3, -0.25) is 4.79 Å². The van der Waals surface area contributed by atoms with E-state index in [4.69, 9.17) is 0 Å². The molecule has 110 valence electrons.